The van der Waals surface area contributed by atoms with E-state index in [1.54, 1.807) is 4.90 Å². The molecule has 1 aliphatic rings. The van der Waals surface area contributed by atoms with E-state index in [0.29, 0.717) is 6.54 Å². The molecule has 1 aromatic heterocycles. The molecular formula is C17H21N3O2S. The van der Waals surface area contributed by atoms with Crippen LogP contribution < -0.4 is 5.32 Å². The van der Waals surface area contributed by atoms with Gasteiger partial charge >= 0.3 is 6.03 Å². The molecule has 2 aromatic rings. The van der Waals surface area contributed by atoms with Crippen molar-refractivity contribution in [2.45, 2.75) is 19.8 Å². The standard InChI is InChI=1S/C17H21N3O2S/c1-12-15(23-16(18-12)14-7-3-2-4-8-14)19-17(22)20-9-5-6-13(10-20)11-21/h2-4,7-8,13,21H,5-6,9-11H2,1H3,(H,19,22)/t13-/m1/s1. The number of rotatable bonds is 3. The lowest BCUT2D eigenvalue weighted by molar-refractivity contribution is 0.136. The highest BCUT2D eigenvalue weighted by atomic mass is 32.1. The Bertz CT molecular complexity index is 672. The van der Waals surface area contributed by atoms with Gasteiger partial charge in [-0.2, -0.15) is 0 Å². The van der Waals surface area contributed by atoms with Crippen LogP contribution in [-0.4, -0.2) is 40.7 Å². The summed E-state index contributed by atoms with van der Waals surface area (Å²) in [6, 6.07) is 9.86. The van der Waals surface area contributed by atoms with Crippen LogP contribution in [0.15, 0.2) is 30.3 Å². The molecule has 0 saturated carbocycles. The van der Waals surface area contributed by atoms with Gasteiger partial charge in [-0.15, -0.1) is 0 Å². The Hall–Kier alpha value is -1.92. The van der Waals surface area contributed by atoms with Gasteiger partial charge in [0.05, 0.1) is 5.69 Å². The molecule has 3 rings (SSSR count). The molecular weight excluding hydrogens is 310 g/mol. The molecule has 122 valence electrons. The second-order valence-electron chi connectivity index (χ2n) is 5.87. The Labute approximate surface area is 140 Å². The molecule has 1 fully saturated rings. The molecule has 1 aliphatic heterocycles. The highest BCUT2D eigenvalue weighted by Gasteiger charge is 2.24. The summed E-state index contributed by atoms with van der Waals surface area (Å²) in [6.45, 7) is 3.41. The molecule has 0 spiro atoms. The predicted octanol–water partition coefficient (Wildman–Crippen LogP) is 3.35. The number of urea groups is 1. The Kier molecular flexibility index (Phi) is 4.93. The van der Waals surface area contributed by atoms with Crippen molar-refractivity contribution >= 4 is 22.4 Å². The van der Waals surface area contributed by atoms with Gasteiger partial charge in [0, 0.05) is 25.3 Å². The third-order valence-electron chi connectivity index (χ3n) is 4.10. The van der Waals surface area contributed by atoms with Crippen LogP contribution in [0.5, 0.6) is 0 Å². The van der Waals surface area contributed by atoms with Crippen LogP contribution in [0.3, 0.4) is 0 Å². The van der Waals surface area contributed by atoms with Crippen LogP contribution in [0.4, 0.5) is 9.80 Å². The van der Waals surface area contributed by atoms with E-state index in [1.807, 2.05) is 37.3 Å². The highest BCUT2D eigenvalue weighted by Crippen LogP contribution is 2.32. The van der Waals surface area contributed by atoms with E-state index in [2.05, 4.69) is 10.3 Å². The SMILES string of the molecule is Cc1nc(-c2ccccc2)sc1NC(=O)N1CCC[C@@H](CO)C1. The number of anilines is 1. The van der Waals surface area contributed by atoms with Crippen molar-refractivity contribution in [2.24, 2.45) is 5.92 Å². The first kappa shape index (κ1) is 16.0. The first-order chi connectivity index (χ1) is 11.2. The van der Waals surface area contributed by atoms with Gasteiger partial charge in [-0.25, -0.2) is 9.78 Å². The molecule has 23 heavy (non-hydrogen) atoms. The predicted molar refractivity (Wildman–Crippen MR) is 92.7 cm³/mol. The minimum absolute atomic E-state index is 0.102. The summed E-state index contributed by atoms with van der Waals surface area (Å²) < 4.78 is 0. The average molecular weight is 331 g/mol. The number of nitrogens with zero attached hydrogens (tertiary/aromatic N) is 2. The van der Waals surface area contributed by atoms with Crippen LogP contribution in [0.25, 0.3) is 10.6 Å². The van der Waals surface area contributed by atoms with Gasteiger partial charge in [-0.3, -0.25) is 5.32 Å². The number of aromatic nitrogens is 1. The van der Waals surface area contributed by atoms with Crippen molar-refractivity contribution < 1.29 is 9.90 Å². The molecule has 1 atom stereocenters. The quantitative estimate of drug-likeness (QED) is 0.906. The van der Waals surface area contributed by atoms with Gasteiger partial charge in [0.25, 0.3) is 0 Å². The number of aryl methyl sites for hydroxylation is 1. The number of carbonyl (C=O) groups is 1. The summed E-state index contributed by atoms with van der Waals surface area (Å²) in [5, 5.41) is 14.0. The van der Waals surface area contributed by atoms with Gasteiger partial charge in [-0.05, 0) is 25.7 Å². The fourth-order valence-corrected chi connectivity index (χ4v) is 3.75. The van der Waals surface area contributed by atoms with Crippen molar-refractivity contribution in [1.29, 1.82) is 0 Å². The summed E-state index contributed by atoms with van der Waals surface area (Å²) in [4.78, 5) is 18.8. The number of aliphatic hydroxyl groups excluding tert-OH is 1. The first-order valence-electron chi connectivity index (χ1n) is 7.87. The number of piperidine rings is 1. The highest BCUT2D eigenvalue weighted by molar-refractivity contribution is 7.19. The second kappa shape index (κ2) is 7.10. The molecule has 1 saturated heterocycles. The molecule has 5 nitrogen and oxygen atoms in total. The summed E-state index contributed by atoms with van der Waals surface area (Å²) in [5.74, 6) is 0.192. The fraction of sp³-hybridized carbons (Fsp3) is 0.412. The molecule has 1 aromatic carbocycles. The van der Waals surface area contributed by atoms with Crippen LogP contribution >= 0.6 is 11.3 Å². The zero-order valence-corrected chi connectivity index (χ0v) is 14.0. The van der Waals surface area contributed by atoms with Crippen LogP contribution in [0.2, 0.25) is 0 Å². The maximum atomic E-state index is 12.4. The largest absolute Gasteiger partial charge is 0.396 e. The number of amides is 2. The summed E-state index contributed by atoms with van der Waals surface area (Å²) in [6.07, 6.45) is 1.92. The Balaban J connectivity index is 1.70. The summed E-state index contributed by atoms with van der Waals surface area (Å²) in [7, 11) is 0. The number of hydrogen-bond acceptors (Lipinski definition) is 4. The van der Waals surface area contributed by atoms with Gasteiger partial charge in [0.15, 0.2) is 0 Å². The van der Waals surface area contributed by atoms with Gasteiger partial charge in [0.2, 0.25) is 0 Å². The monoisotopic (exact) mass is 331 g/mol. The normalized spacial score (nSPS) is 18.0. The molecule has 6 heteroatoms. The number of carbonyl (C=O) groups excluding carboxylic acids is 1. The molecule has 0 unspecified atom stereocenters. The van der Waals surface area contributed by atoms with Crippen molar-refractivity contribution in [3.8, 4) is 10.6 Å². The lowest BCUT2D eigenvalue weighted by Gasteiger charge is -2.31. The molecule has 0 bridgehead atoms. The minimum Gasteiger partial charge on any atom is -0.396 e. The second-order valence-corrected chi connectivity index (χ2v) is 6.87. The maximum absolute atomic E-state index is 12.4. The van der Waals surface area contributed by atoms with Crippen LogP contribution in [0.1, 0.15) is 18.5 Å². The van der Waals surface area contributed by atoms with Gasteiger partial charge in [0.1, 0.15) is 10.0 Å². The lowest BCUT2D eigenvalue weighted by atomic mass is 9.99. The van der Waals surface area contributed by atoms with Crippen molar-refractivity contribution in [1.82, 2.24) is 9.88 Å². The smallest absolute Gasteiger partial charge is 0.322 e. The van der Waals surface area contributed by atoms with Crippen molar-refractivity contribution in [3.63, 3.8) is 0 Å². The lowest BCUT2D eigenvalue weighted by Crippen LogP contribution is -2.43. The maximum Gasteiger partial charge on any atom is 0.322 e. The van der Waals surface area contributed by atoms with Gasteiger partial charge < -0.3 is 10.0 Å². The van der Waals surface area contributed by atoms with E-state index in [-0.39, 0.29) is 18.6 Å². The van der Waals surface area contributed by atoms with Crippen molar-refractivity contribution in [2.75, 3.05) is 25.0 Å². The topological polar surface area (TPSA) is 65.5 Å². The number of hydrogen-bond donors (Lipinski definition) is 2. The van der Waals surface area contributed by atoms with E-state index in [9.17, 15) is 9.90 Å². The number of likely N-dealkylation sites (tertiary alicyclic amines) is 1. The number of benzene rings is 1. The minimum atomic E-state index is -0.102. The number of thiazole rings is 1. The number of aliphatic hydroxyl groups is 1. The van der Waals surface area contributed by atoms with Gasteiger partial charge in [-0.1, -0.05) is 41.7 Å². The molecule has 2 N–H and O–H groups in total. The zero-order chi connectivity index (χ0) is 16.2. The number of nitrogens with one attached hydrogen (secondary N) is 1. The van der Waals surface area contributed by atoms with E-state index < -0.39 is 0 Å². The summed E-state index contributed by atoms with van der Waals surface area (Å²) in [5.41, 5.74) is 1.89. The average Bonchev–Trinajstić information content (AvgIpc) is 2.96. The molecule has 0 aliphatic carbocycles. The fourth-order valence-electron chi connectivity index (χ4n) is 2.79. The van der Waals surface area contributed by atoms with E-state index in [1.165, 1.54) is 11.3 Å². The van der Waals surface area contributed by atoms with E-state index in [0.717, 1.165) is 40.7 Å². The third kappa shape index (κ3) is 3.71. The van der Waals surface area contributed by atoms with E-state index in [4.69, 9.17) is 0 Å². The Morgan fingerprint density at radius 1 is 1.43 bits per heavy atom. The molecule has 2 amide bonds. The first-order valence-corrected chi connectivity index (χ1v) is 8.68. The third-order valence-corrected chi connectivity index (χ3v) is 5.22. The van der Waals surface area contributed by atoms with Crippen LogP contribution in [-0.2, 0) is 0 Å². The summed E-state index contributed by atoms with van der Waals surface area (Å²) >= 11 is 1.49. The van der Waals surface area contributed by atoms with Crippen LogP contribution in [0, 0.1) is 12.8 Å². The zero-order valence-electron chi connectivity index (χ0n) is 13.2. The van der Waals surface area contributed by atoms with Crippen molar-refractivity contribution in [3.05, 3.63) is 36.0 Å². The van der Waals surface area contributed by atoms with E-state index >= 15 is 0 Å². The molecule has 2 heterocycles. The molecule has 0 radical (unpaired) electrons. The Morgan fingerprint density at radius 2 is 2.22 bits per heavy atom. The Morgan fingerprint density at radius 3 is 2.96 bits per heavy atom.